The van der Waals surface area contributed by atoms with Gasteiger partial charge in [-0.3, -0.25) is 4.90 Å². The first-order valence-corrected chi connectivity index (χ1v) is 6.83. The van der Waals surface area contributed by atoms with Crippen LogP contribution in [0.4, 0.5) is 0 Å². The number of ether oxygens (including phenoxy) is 1. The van der Waals surface area contributed by atoms with Crippen molar-refractivity contribution in [2.24, 2.45) is 11.3 Å². The lowest BCUT2D eigenvalue weighted by Gasteiger charge is -2.48. The average Bonchev–Trinajstić information content (AvgIpc) is 2.75. The maximum atomic E-state index is 5.82. The van der Waals surface area contributed by atoms with E-state index in [2.05, 4.69) is 25.7 Å². The van der Waals surface area contributed by atoms with E-state index >= 15 is 0 Å². The van der Waals surface area contributed by atoms with Gasteiger partial charge in [-0.2, -0.15) is 0 Å². The van der Waals surface area contributed by atoms with Crippen LogP contribution < -0.4 is 0 Å². The highest BCUT2D eigenvalue weighted by atomic mass is 16.5. The first-order valence-electron chi connectivity index (χ1n) is 6.83. The molecule has 1 heterocycles. The predicted molar refractivity (Wildman–Crippen MR) is 67.6 cm³/mol. The van der Waals surface area contributed by atoms with Crippen molar-refractivity contribution in [2.75, 3.05) is 20.2 Å². The Labute approximate surface area is 100 Å². The van der Waals surface area contributed by atoms with Gasteiger partial charge in [0.15, 0.2) is 0 Å². The SMILES string of the molecule is COC1C(N2CCCC2)CCC(C)(C)C1C. The molecule has 0 aromatic rings. The second-order valence-electron chi connectivity index (χ2n) is 6.33. The van der Waals surface area contributed by atoms with Gasteiger partial charge in [0.05, 0.1) is 6.10 Å². The van der Waals surface area contributed by atoms with E-state index < -0.39 is 0 Å². The fourth-order valence-corrected chi connectivity index (χ4v) is 3.51. The summed E-state index contributed by atoms with van der Waals surface area (Å²) in [5.41, 5.74) is 0.441. The fourth-order valence-electron chi connectivity index (χ4n) is 3.51. The van der Waals surface area contributed by atoms with Crippen molar-refractivity contribution in [2.45, 2.75) is 58.6 Å². The monoisotopic (exact) mass is 225 g/mol. The molecular formula is C14H27NO. The van der Waals surface area contributed by atoms with E-state index in [-0.39, 0.29) is 0 Å². The summed E-state index contributed by atoms with van der Waals surface area (Å²) in [6.45, 7) is 9.74. The minimum atomic E-state index is 0.432. The van der Waals surface area contributed by atoms with Crippen LogP contribution in [0.2, 0.25) is 0 Å². The molecule has 0 spiro atoms. The quantitative estimate of drug-likeness (QED) is 0.716. The molecule has 2 heteroatoms. The zero-order valence-electron chi connectivity index (χ0n) is 11.3. The largest absolute Gasteiger partial charge is 0.380 e. The average molecular weight is 225 g/mol. The second kappa shape index (κ2) is 4.66. The summed E-state index contributed by atoms with van der Waals surface area (Å²) in [6, 6.07) is 0.676. The number of methoxy groups -OCH3 is 1. The number of nitrogens with zero attached hydrogens (tertiary/aromatic N) is 1. The Bertz CT molecular complexity index is 233. The van der Waals surface area contributed by atoms with Gasteiger partial charge in [-0.05, 0) is 50.1 Å². The summed E-state index contributed by atoms with van der Waals surface area (Å²) in [4.78, 5) is 2.67. The zero-order chi connectivity index (χ0) is 11.8. The lowest BCUT2D eigenvalue weighted by molar-refractivity contribution is -0.0801. The maximum absolute atomic E-state index is 5.82. The summed E-state index contributed by atoms with van der Waals surface area (Å²) in [5.74, 6) is 0.664. The van der Waals surface area contributed by atoms with Gasteiger partial charge in [0.2, 0.25) is 0 Å². The second-order valence-corrected chi connectivity index (χ2v) is 6.33. The third kappa shape index (κ3) is 2.14. The maximum Gasteiger partial charge on any atom is 0.0756 e. The van der Waals surface area contributed by atoms with Crippen LogP contribution in [0, 0.1) is 11.3 Å². The number of hydrogen-bond acceptors (Lipinski definition) is 2. The molecule has 0 radical (unpaired) electrons. The Morgan fingerprint density at radius 3 is 2.38 bits per heavy atom. The molecule has 2 rings (SSSR count). The Hall–Kier alpha value is -0.0800. The van der Waals surface area contributed by atoms with Crippen LogP contribution in [-0.4, -0.2) is 37.2 Å². The molecule has 0 aromatic carbocycles. The predicted octanol–water partition coefficient (Wildman–Crippen LogP) is 2.92. The lowest BCUT2D eigenvalue weighted by atomic mass is 9.66. The molecule has 2 nitrogen and oxygen atoms in total. The summed E-state index contributed by atoms with van der Waals surface area (Å²) in [6.07, 6.45) is 5.85. The van der Waals surface area contributed by atoms with E-state index in [0.29, 0.717) is 23.5 Å². The van der Waals surface area contributed by atoms with Crippen molar-refractivity contribution in [3.8, 4) is 0 Å². The summed E-state index contributed by atoms with van der Waals surface area (Å²) in [5, 5.41) is 0. The lowest BCUT2D eigenvalue weighted by Crippen LogP contribution is -2.53. The Morgan fingerprint density at radius 2 is 1.81 bits per heavy atom. The minimum absolute atomic E-state index is 0.432. The number of hydrogen-bond donors (Lipinski definition) is 0. The molecule has 16 heavy (non-hydrogen) atoms. The van der Waals surface area contributed by atoms with Crippen LogP contribution in [-0.2, 0) is 4.74 Å². The standard InChI is InChI=1S/C14H27NO/c1-11-13(16-4)12(7-8-14(11,2)3)15-9-5-6-10-15/h11-13H,5-10H2,1-4H3. The summed E-state index contributed by atoms with van der Waals surface area (Å²) in [7, 11) is 1.89. The van der Waals surface area contributed by atoms with Crippen LogP contribution in [0.1, 0.15) is 46.5 Å². The Balaban J connectivity index is 2.08. The van der Waals surface area contributed by atoms with E-state index in [1.165, 1.54) is 38.8 Å². The van der Waals surface area contributed by atoms with Crippen molar-refractivity contribution in [3.05, 3.63) is 0 Å². The number of rotatable bonds is 2. The molecule has 3 atom stereocenters. The zero-order valence-corrected chi connectivity index (χ0v) is 11.3. The van der Waals surface area contributed by atoms with Crippen molar-refractivity contribution >= 4 is 0 Å². The molecule has 3 unspecified atom stereocenters. The molecule has 0 amide bonds. The van der Waals surface area contributed by atoms with Crippen molar-refractivity contribution in [3.63, 3.8) is 0 Å². The van der Waals surface area contributed by atoms with Gasteiger partial charge < -0.3 is 4.74 Å². The van der Waals surface area contributed by atoms with Gasteiger partial charge in [0.25, 0.3) is 0 Å². The van der Waals surface area contributed by atoms with Crippen molar-refractivity contribution < 1.29 is 4.74 Å². The summed E-state index contributed by atoms with van der Waals surface area (Å²) < 4.78 is 5.82. The van der Waals surface area contributed by atoms with E-state index in [1.54, 1.807) is 0 Å². The van der Waals surface area contributed by atoms with Gasteiger partial charge in [0, 0.05) is 13.2 Å². The normalized spacial score (nSPS) is 40.1. The molecule has 94 valence electrons. The first-order chi connectivity index (χ1) is 7.56. The van der Waals surface area contributed by atoms with Crippen molar-refractivity contribution in [1.82, 2.24) is 4.90 Å². The van der Waals surface area contributed by atoms with Crippen LogP contribution in [0.15, 0.2) is 0 Å². The van der Waals surface area contributed by atoms with Crippen LogP contribution >= 0.6 is 0 Å². The van der Waals surface area contributed by atoms with E-state index in [4.69, 9.17) is 4.74 Å². The van der Waals surface area contributed by atoms with E-state index in [1.807, 2.05) is 7.11 Å². The van der Waals surface area contributed by atoms with E-state index in [9.17, 15) is 0 Å². The first kappa shape index (κ1) is 12.4. The molecule has 1 aliphatic heterocycles. The topological polar surface area (TPSA) is 12.5 Å². The van der Waals surface area contributed by atoms with Crippen molar-refractivity contribution in [1.29, 1.82) is 0 Å². The third-order valence-corrected chi connectivity index (χ3v) is 5.07. The van der Waals surface area contributed by atoms with Crippen LogP contribution in [0.3, 0.4) is 0 Å². The van der Waals surface area contributed by atoms with Gasteiger partial charge in [-0.25, -0.2) is 0 Å². The summed E-state index contributed by atoms with van der Waals surface area (Å²) >= 11 is 0. The molecular weight excluding hydrogens is 198 g/mol. The molecule has 1 saturated carbocycles. The van der Waals surface area contributed by atoms with Crippen LogP contribution in [0.25, 0.3) is 0 Å². The molecule has 0 bridgehead atoms. The Kier molecular flexibility index (Phi) is 3.60. The Morgan fingerprint density at radius 1 is 1.19 bits per heavy atom. The van der Waals surface area contributed by atoms with E-state index in [0.717, 1.165) is 0 Å². The molecule has 1 saturated heterocycles. The molecule has 0 aromatic heterocycles. The molecule has 2 fully saturated rings. The third-order valence-electron chi connectivity index (χ3n) is 5.07. The van der Waals surface area contributed by atoms with Gasteiger partial charge in [-0.15, -0.1) is 0 Å². The fraction of sp³-hybridized carbons (Fsp3) is 1.00. The molecule has 0 N–H and O–H groups in total. The van der Waals surface area contributed by atoms with Crippen LogP contribution in [0.5, 0.6) is 0 Å². The van der Waals surface area contributed by atoms with Gasteiger partial charge in [0.1, 0.15) is 0 Å². The highest BCUT2D eigenvalue weighted by Gasteiger charge is 2.43. The highest BCUT2D eigenvalue weighted by Crippen LogP contribution is 2.43. The highest BCUT2D eigenvalue weighted by molar-refractivity contribution is 4.96. The van der Waals surface area contributed by atoms with Gasteiger partial charge in [-0.1, -0.05) is 20.8 Å². The molecule has 1 aliphatic carbocycles. The molecule has 2 aliphatic rings. The smallest absolute Gasteiger partial charge is 0.0756 e. The number of likely N-dealkylation sites (tertiary alicyclic amines) is 1. The minimum Gasteiger partial charge on any atom is -0.380 e. The van der Waals surface area contributed by atoms with Gasteiger partial charge >= 0.3 is 0 Å².